The molecule has 1 N–H and O–H groups in total. The Balaban J connectivity index is 2.45. The van der Waals surface area contributed by atoms with Crippen molar-refractivity contribution in [3.8, 4) is 0 Å². The number of rotatable bonds is 5. The number of thiazole rings is 1. The van der Waals surface area contributed by atoms with Crippen molar-refractivity contribution in [2.45, 2.75) is 26.7 Å². The van der Waals surface area contributed by atoms with Gasteiger partial charge in [0.1, 0.15) is 0 Å². The first-order chi connectivity index (χ1) is 7.54. The highest BCUT2D eigenvalue weighted by molar-refractivity contribution is 7.13. The van der Waals surface area contributed by atoms with Crippen molar-refractivity contribution in [2.24, 2.45) is 5.92 Å². The lowest BCUT2D eigenvalue weighted by Crippen LogP contribution is -2.21. The number of nitrogens with zero attached hydrogens (tertiary/aromatic N) is 1. The van der Waals surface area contributed by atoms with Crippen molar-refractivity contribution < 1.29 is 9.53 Å². The second-order valence-corrected chi connectivity index (χ2v) is 4.90. The highest BCUT2D eigenvalue weighted by atomic mass is 32.1. The molecule has 0 aliphatic rings. The van der Waals surface area contributed by atoms with Crippen LogP contribution in [0.2, 0.25) is 0 Å². The van der Waals surface area contributed by atoms with Crippen LogP contribution in [0.5, 0.6) is 0 Å². The van der Waals surface area contributed by atoms with Crippen LogP contribution >= 0.6 is 11.3 Å². The lowest BCUT2D eigenvalue weighted by molar-refractivity contribution is -0.144. The fourth-order valence-corrected chi connectivity index (χ4v) is 2.04. The van der Waals surface area contributed by atoms with Gasteiger partial charge in [0.05, 0.1) is 18.7 Å². The zero-order valence-electron chi connectivity index (χ0n) is 10.1. The summed E-state index contributed by atoms with van der Waals surface area (Å²) in [7, 11) is 1.40. The number of anilines is 1. The summed E-state index contributed by atoms with van der Waals surface area (Å²) in [6.45, 7) is 6.60. The molecular formula is C11H18N2O2S. The lowest BCUT2D eigenvalue weighted by Gasteiger charge is -2.09. The average Bonchev–Trinajstić information content (AvgIpc) is 2.73. The molecule has 0 aliphatic heterocycles. The van der Waals surface area contributed by atoms with Gasteiger partial charge in [-0.25, -0.2) is 4.98 Å². The van der Waals surface area contributed by atoms with Gasteiger partial charge in [-0.3, -0.25) is 4.79 Å². The molecule has 1 unspecified atom stereocenters. The number of carbonyl (C=O) groups excluding carboxylic acids is 1. The van der Waals surface area contributed by atoms with Gasteiger partial charge in [0, 0.05) is 11.9 Å². The van der Waals surface area contributed by atoms with Crippen LogP contribution in [-0.2, 0) is 9.53 Å². The summed E-state index contributed by atoms with van der Waals surface area (Å²) in [5, 5.41) is 6.04. The summed E-state index contributed by atoms with van der Waals surface area (Å²) in [5.41, 5.74) is 1.08. The molecule has 0 aliphatic carbocycles. The van der Waals surface area contributed by atoms with E-state index in [0.29, 0.717) is 12.5 Å². The minimum atomic E-state index is -0.201. The number of carbonyl (C=O) groups is 1. The standard InChI is InChI=1S/C11H18N2O2S/c1-7(2)9-6-16-11(13-9)12-5-8(3)10(14)15-4/h6-8H,5H2,1-4H3,(H,12,13). The van der Waals surface area contributed by atoms with Crippen LogP contribution < -0.4 is 5.32 Å². The van der Waals surface area contributed by atoms with Crippen molar-refractivity contribution >= 4 is 22.4 Å². The summed E-state index contributed by atoms with van der Waals surface area (Å²) >= 11 is 1.56. The number of esters is 1. The second kappa shape index (κ2) is 5.84. The van der Waals surface area contributed by atoms with Gasteiger partial charge in [0.15, 0.2) is 5.13 Å². The van der Waals surface area contributed by atoms with E-state index in [9.17, 15) is 4.79 Å². The van der Waals surface area contributed by atoms with Crippen molar-refractivity contribution in [3.05, 3.63) is 11.1 Å². The first-order valence-electron chi connectivity index (χ1n) is 5.31. The van der Waals surface area contributed by atoms with Crippen LogP contribution in [0.1, 0.15) is 32.4 Å². The third kappa shape index (κ3) is 3.48. The van der Waals surface area contributed by atoms with E-state index >= 15 is 0 Å². The molecule has 1 atom stereocenters. The third-order valence-electron chi connectivity index (χ3n) is 2.28. The number of methoxy groups -OCH3 is 1. The monoisotopic (exact) mass is 242 g/mol. The predicted molar refractivity (Wildman–Crippen MR) is 65.9 cm³/mol. The molecule has 1 aromatic heterocycles. The minimum absolute atomic E-state index is 0.156. The molecule has 4 nitrogen and oxygen atoms in total. The summed E-state index contributed by atoms with van der Waals surface area (Å²) in [5.74, 6) is 0.0781. The van der Waals surface area contributed by atoms with E-state index in [1.807, 2.05) is 12.3 Å². The molecule has 0 saturated heterocycles. The lowest BCUT2D eigenvalue weighted by atomic mass is 10.2. The summed E-state index contributed by atoms with van der Waals surface area (Å²) < 4.78 is 4.65. The second-order valence-electron chi connectivity index (χ2n) is 4.04. The Labute approximate surface area is 100 Å². The maximum Gasteiger partial charge on any atom is 0.310 e. The van der Waals surface area contributed by atoms with Crippen molar-refractivity contribution in [1.29, 1.82) is 0 Å². The Morgan fingerprint density at radius 1 is 1.56 bits per heavy atom. The van der Waals surface area contributed by atoms with Gasteiger partial charge in [0.2, 0.25) is 0 Å². The van der Waals surface area contributed by atoms with E-state index < -0.39 is 0 Å². The van der Waals surface area contributed by atoms with E-state index in [4.69, 9.17) is 0 Å². The molecule has 0 radical (unpaired) electrons. The number of aromatic nitrogens is 1. The van der Waals surface area contributed by atoms with Crippen LogP contribution in [0.25, 0.3) is 0 Å². The van der Waals surface area contributed by atoms with E-state index in [2.05, 4.69) is 28.9 Å². The predicted octanol–water partition coefficient (Wildman–Crippen LogP) is 2.49. The molecule has 16 heavy (non-hydrogen) atoms. The maximum atomic E-state index is 11.2. The molecule has 0 saturated carbocycles. The van der Waals surface area contributed by atoms with Crippen molar-refractivity contribution in [3.63, 3.8) is 0 Å². The van der Waals surface area contributed by atoms with Crippen LogP contribution in [-0.4, -0.2) is 24.6 Å². The van der Waals surface area contributed by atoms with Gasteiger partial charge >= 0.3 is 5.97 Å². The molecule has 5 heteroatoms. The number of hydrogen-bond acceptors (Lipinski definition) is 5. The zero-order chi connectivity index (χ0) is 12.1. The Morgan fingerprint density at radius 3 is 2.75 bits per heavy atom. The third-order valence-corrected chi connectivity index (χ3v) is 3.09. The molecule has 0 spiro atoms. The van der Waals surface area contributed by atoms with Gasteiger partial charge in [-0.1, -0.05) is 20.8 Å². The molecular weight excluding hydrogens is 224 g/mol. The molecule has 90 valence electrons. The summed E-state index contributed by atoms with van der Waals surface area (Å²) in [6, 6.07) is 0. The maximum absolute atomic E-state index is 11.2. The first kappa shape index (κ1) is 13.0. The Bertz CT molecular complexity index is 350. The van der Waals surface area contributed by atoms with Crippen molar-refractivity contribution in [1.82, 2.24) is 4.98 Å². The molecule has 0 bridgehead atoms. The molecule has 1 rings (SSSR count). The van der Waals surface area contributed by atoms with Crippen molar-refractivity contribution in [2.75, 3.05) is 19.0 Å². The normalized spacial score (nSPS) is 12.6. The van der Waals surface area contributed by atoms with Gasteiger partial charge in [-0.15, -0.1) is 11.3 Å². The number of ether oxygens (including phenoxy) is 1. The topological polar surface area (TPSA) is 51.2 Å². The van der Waals surface area contributed by atoms with Gasteiger partial charge < -0.3 is 10.1 Å². The Hall–Kier alpha value is -1.10. The summed E-state index contributed by atoms with van der Waals surface area (Å²) in [6.07, 6.45) is 0. The largest absolute Gasteiger partial charge is 0.469 e. The van der Waals surface area contributed by atoms with Crippen LogP contribution in [0.3, 0.4) is 0 Å². The fraction of sp³-hybridized carbons (Fsp3) is 0.636. The number of hydrogen-bond donors (Lipinski definition) is 1. The zero-order valence-corrected chi connectivity index (χ0v) is 10.9. The van der Waals surface area contributed by atoms with Crippen LogP contribution in [0.4, 0.5) is 5.13 Å². The van der Waals surface area contributed by atoms with Crippen LogP contribution in [0, 0.1) is 5.92 Å². The molecule has 1 aromatic rings. The quantitative estimate of drug-likeness (QED) is 0.806. The highest BCUT2D eigenvalue weighted by Crippen LogP contribution is 2.21. The molecule has 1 heterocycles. The Morgan fingerprint density at radius 2 is 2.25 bits per heavy atom. The van der Waals surface area contributed by atoms with Gasteiger partial charge in [0.25, 0.3) is 0 Å². The van der Waals surface area contributed by atoms with E-state index in [1.54, 1.807) is 11.3 Å². The fourth-order valence-electron chi connectivity index (χ4n) is 1.16. The summed E-state index contributed by atoms with van der Waals surface area (Å²) in [4.78, 5) is 15.6. The molecule has 0 aromatic carbocycles. The van der Waals surface area contributed by atoms with Gasteiger partial charge in [-0.05, 0) is 5.92 Å². The minimum Gasteiger partial charge on any atom is -0.469 e. The smallest absolute Gasteiger partial charge is 0.310 e. The average molecular weight is 242 g/mol. The van der Waals surface area contributed by atoms with E-state index in [0.717, 1.165) is 10.8 Å². The van der Waals surface area contributed by atoms with E-state index in [-0.39, 0.29) is 11.9 Å². The number of nitrogens with one attached hydrogen (secondary N) is 1. The van der Waals surface area contributed by atoms with E-state index in [1.165, 1.54) is 7.11 Å². The highest BCUT2D eigenvalue weighted by Gasteiger charge is 2.13. The van der Waals surface area contributed by atoms with Crippen LogP contribution in [0.15, 0.2) is 5.38 Å². The first-order valence-corrected chi connectivity index (χ1v) is 6.19. The molecule has 0 amide bonds. The van der Waals surface area contributed by atoms with Gasteiger partial charge in [-0.2, -0.15) is 0 Å². The SMILES string of the molecule is COC(=O)C(C)CNc1nc(C(C)C)cs1. The molecule has 0 fully saturated rings. The Kier molecular flexibility index (Phi) is 4.73.